The number of rotatable bonds is 3. The first-order valence-corrected chi connectivity index (χ1v) is 15.2. The summed E-state index contributed by atoms with van der Waals surface area (Å²) in [5.74, 6) is 0.0593. The van der Waals surface area contributed by atoms with Crippen molar-refractivity contribution in [1.82, 2.24) is 4.90 Å². The predicted molar refractivity (Wildman–Crippen MR) is 164 cm³/mol. The number of carbonyl (C=O) groups is 1. The van der Waals surface area contributed by atoms with Crippen LogP contribution in [0.5, 0.6) is 0 Å². The second-order valence-corrected chi connectivity index (χ2v) is 13.8. The monoisotopic (exact) mass is 547 g/mol. The third-order valence-corrected chi connectivity index (χ3v) is 10.3. The van der Waals surface area contributed by atoms with Gasteiger partial charge >= 0.3 is 6.09 Å². The smallest absolute Gasteiger partial charge is 0.410 e. The number of hydrogen-bond donors (Lipinski definition) is 0. The Morgan fingerprint density at radius 1 is 0.878 bits per heavy atom. The lowest BCUT2D eigenvalue weighted by Crippen LogP contribution is -2.56. The van der Waals surface area contributed by atoms with Crippen LogP contribution in [0.25, 0.3) is 16.7 Å². The Labute approximate surface area is 244 Å². The number of ether oxygens (including phenoxy) is 2. The van der Waals surface area contributed by atoms with Gasteiger partial charge in [-0.1, -0.05) is 94.4 Å². The van der Waals surface area contributed by atoms with Crippen LogP contribution in [0.4, 0.5) is 4.79 Å². The SMILES string of the molecule is Cc1cc2c(cc1C1=CC3COCC(C1)N3C(=O)OCC1c3ccccc3-c3ccccc31)C(C)(C)CCC2(C)C. The van der Waals surface area contributed by atoms with Crippen molar-refractivity contribution in [3.8, 4) is 11.1 Å². The number of nitrogens with zero attached hydrogens (tertiary/aromatic N) is 1. The molecule has 1 amide bonds. The van der Waals surface area contributed by atoms with E-state index >= 15 is 0 Å². The summed E-state index contributed by atoms with van der Waals surface area (Å²) < 4.78 is 12.1. The van der Waals surface area contributed by atoms with E-state index in [0.29, 0.717) is 19.8 Å². The fourth-order valence-corrected chi connectivity index (χ4v) is 7.82. The molecule has 1 fully saturated rings. The molecule has 0 N–H and O–H groups in total. The molecule has 2 aliphatic carbocycles. The fourth-order valence-electron chi connectivity index (χ4n) is 7.82. The Kier molecular flexibility index (Phi) is 6.20. The summed E-state index contributed by atoms with van der Waals surface area (Å²) in [5.41, 5.74) is 12.3. The highest BCUT2D eigenvalue weighted by atomic mass is 16.6. The Hall–Kier alpha value is -3.37. The Morgan fingerprint density at radius 2 is 1.49 bits per heavy atom. The Balaban J connectivity index is 1.15. The van der Waals surface area contributed by atoms with Gasteiger partial charge in [0.1, 0.15) is 6.61 Å². The molecule has 41 heavy (non-hydrogen) atoms. The van der Waals surface area contributed by atoms with Crippen LogP contribution in [0.2, 0.25) is 0 Å². The van der Waals surface area contributed by atoms with Crippen LogP contribution in [-0.2, 0) is 20.3 Å². The zero-order valence-electron chi connectivity index (χ0n) is 25.0. The highest BCUT2D eigenvalue weighted by Gasteiger charge is 2.42. The third-order valence-electron chi connectivity index (χ3n) is 10.3. The summed E-state index contributed by atoms with van der Waals surface area (Å²) >= 11 is 0. The van der Waals surface area contributed by atoms with Gasteiger partial charge in [-0.2, -0.15) is 0 Å². The van der Waals surface area contributed by atoms with Gasteiger partial charge in [-0.25, -0.2) is 4.79 Å². The summed E-state index contributed by atoms with van der Waals surface area (Å²) in [6.07, 6.45) is 5.23. The predicted octanol–water partition coefficient (Wildman–Crippen LogP) is 8.15. The lowest BCUT2D eigenvalue weighted by Gasteiger charge is -2.45. The lowest BCUT2D eigenvalue weighted by atomic mass is 9.62. The summed E-state index contributed by atoms with van der Waals surface area (Å²) in [4.78, 5) is 15.6. The van der Waals surface area contributed by atoms with Crippen molar-refractivity contribution in [2.45, 2.75) is 82.7 Å². The summed E-state index contributed by atoms with van der Waals surface area (Å²) in [6.45, 7) is 13.2. The van der Waals surface area contributed by atoms with Crippen molar-refractivity contribution < 1.29 is 14.3 Å². The minimum atomic E-state index is -0.231. The second kappa shape index (κ2) is 9.59. The normalized spacial score (nSPS) is 23.7. The van der Waals surface area contributed by atoms with Crippen molar-refractivity contribution in [2.24, 2.45) is 0 Å². The molecular weight excluding hydrogens is 506 g/mol. The van der Waals surface area contributed by atoms with Crippen molar-refractivity contribution in [2.75, 3.05) is 19.8 Å². The van der Waals surface area contributed by atoms with Gasteiger partial charge in [-0.3, -0.25) is 4.90 Å². The molecule has 2 unspecified atom stereocenters. The van der Waals surface area contributed by atoms with Crippen molar-refractivity contribution in [3.05, 3.63) is 100 Å². The molecule has 3 aromatic carbocycles. The molecule has 212 valence electrons. The molecule has 4 aliphatic rings. The highest BCUT2D eigenvalue weighted by molar-refractivity contribution is 5.80. The molecule has 2 atom stereocenters. The molecular formula is C37H41NO3. The molecule has 4 nitrogen and oxygen atoms in total. The largest absolute Gasteiger partial charge is 0.448 e. The summed E-state index contributed by atoms with van der Waals surface area (Å²) in [5, 5.41) is 0. The number of fused-ring (bicyclic) bond motifs is 6. The minimum Gasteiger partial charge on any atom is -0.448 e. The van der Waals surface area contributed by atoms with E-state index in [0.717, 1.165) is 6.42 Å². The van der Waals surface area contributed by atoms with Gasteiger partial charge in [0.25, 0.3) is 0 Å². The Bertz CT molecular complexity index is 1520. The van der Waals surface area contributed by atoms with Crippen molar-refractivity contribution in [1.29, 1.82) is 0 Å². The third kappa shape index (κ3) is 4.34. The number of hydrogen-bond acceptors (Lipinski definition) is 3. The first kappa shape index (κ1) is 26.5. The molecule has 7 rings (SSSR count). The van der Waals surface area contributed by atoms with Gasteiger partial charge in [0.15, 0.2) is 0 Å². The standard InChI is InChI=1S/C37H41NO3/c1-23-16-33-34(37(4,5)15-14-36(33,2)3)19-31(23)24-17-25-20-40-21-26(18-24)38(25)35(39)41-22-32-29-12-8-6-10-27(29)28-11-7-9-13-30(28)32/h6-13,16-17,19,25-26,32H,14-15,18,20-22H2,1-5H3. The zero-order valence-corrected chi connectivity index (χ0v) is 25.0. The molecule has 4 heteroatoms. The maximum atomic E-state index is 13.7. The fraction of sp³-hybridized carbons (Fsp3) is 0.432. The van der Waals surface area contributed by atoms with Gasteiger partial charge in [0.2, 0.25) is 0 Å². The number of carbonyl (C=O) groups excluding carboxylic acids is 1. The molecule has 3 aromatic rings. The van der Waals surface area contributed by atoms with E-state index in [-0.39, 0.29) is 34.9 Å². The maximum Gasteiger partial charge on any atom is 0.410 e. The second-order valence-electron chi connectivity index (χ2n) is 13.8. The van der Waals surface area contributed by atoms with Crippen molar-refractivity contribution >= 4 is 11.7 Å². The first-order chi connectivity index (χ1) is 19.6. The molecule has 0 aromatic heterocycles. The number of morpholine rings is 1. The summed E-state index contributed by atoms with van der Waals surface area (Å²) in [6, 6.07) is 21.7. The van der Waals surface area contributed by atoms with E-state index < -0.39 is 0 Å². The molecule has 0 radical (unpaired) electrons. The quantitative estimate of drug-likeness (QED) is 0.332. The average Bonchev–Trinajstić information content (AvgIpc) is 3.27. The van der Waals surface area contributed by atoms with E-state index in [9.17, 15) is 4.79 Å². The van der Waals surface area contributed by atoms with Crippen LogP contribution < -0.4 is 0 Å². The van der Waals surface area contributed by atoms with Gasteiger partial charge in [0, 0.05) is 5.92 Å². The van der Waals surface area contributed by atoms with Crippen LogP contribution in [0.3, 0.4) is 0 Å². The van der Waals surface area contributed by atoms with E-state index in [2.05, 4.69) is 101 Å². The topological polar surface area (TPSA) is 38.8 Å². The van der Waals surface area contributed by atoms with Crippen LogP contribution in [-0.4, -0.2) is 42.9 Å². The maximum absolute atomic E-state index is 13.7. The first-order valence-electron chi connectivity index (χ1n) is 15.2. The van der Waals surface area contributed by atoms with E-state index in [1.807, 2.05) is 4.90 Å². The van der Waals surface area contributed by atoms with Gasteiger partial charge in [0.05, 0.1) is 25.3 Å². The zero-order chi connectivity index (χ0) is 28.5. The molecule has 2 bridgehead atoms. The molecule has 2 aliphatic heterocycles. The van der Waals surface area contributed by atoms with E-state index in [4.69, 9.17) is 9.47 Å². The average molecular weight is 548 g/mol. The molecule has 1 saturated heterocycles. The van der Waals surface area contributed by atoms with Crippen LogP contribution in [0.1, 0.15) is 86.3 Å². The van der Waals surface area contributed by atoms with Crippen LogP contribution in [0, 0.1) is 6.92 Å². The molecule has 0 spiro atoms. The summed E-state index contributed by atoms with van der Waals surface area (Å²) in [7, 11) is 0. The van der Waals surface area contributed by atoms with Crippen LogP contribution >= 0.6 is 0 Å². The van der Waals surface area contributed by atoms with Gasteiger partial charge < -0.3 is 9.47 Å². The number of aryl methyl sites for hydroxylation is 1. The van der Waals surface area contributed by atoms with E-state index in [1.165, 1.54) is 62.9 Å². The number of benzene rings is 3. The number of amides is 1. The lowest BCUT2D eigenvalue weighted by molar-refractivity contribution is -0.0331. The molecule has 2 heterocycles. The van der Waals surface area contributed by atoms with E-state index in [1.54, 1.807) is 0 Å². The highest BCUT2D eigenvalue weighted by Crippen LogP contribution is 2.48. The van der Waals surface area contributed by atoms with Crippen molar-refractivity contribution in [3.63, 3.8) is 0 Å². The minimum absolute atomic E-state index is 0.0238. The van der Waals surface area contributed by atoms with Crippen LogP contribution in [0.15, 0.2) is 66.7 Å². The van der Waals surface area contributed by atoms with Gasteiger partial charge in [-0.05, 0) is 87.1 Å². The Morgan fingerprint density at radius 3 is 2.12 bits per heavy atom. The van der Waals surface area contributed by atoms with Gasteiger partial charge in [-0.15, -0.1) is 0 Å². The molecule has 0 saturated carbocycles.